The van der Waals surface area contributed by atoms with Gasteiger partial charge in [-0.3, -0.25) is 14.9 Å². The molecule has 0 aliphatic carbocycles. The lowest BCUT2D eigenvalue weighted by Crippen LogP contribution is -2.36. The number of rotatable bonds is 4. The summed E-state index contributed by atoms with van der Waals surface area (Å²) in [7, 11) is 0. The Hall–Kier alpha value is -2.03. The molecule has 6 nitrogen and oxygen atoms in total. The normalized spacial score (nSPS) is 12.8. The first kappa shape index (κ1) is 17.0. The highest BCUT2D eigenvalue weighted by Gasteiger charge is 2.31. The Labute approximate surface area is 122 Å². The van der Waals surface area contributed by atoms with Crippen molar-refractivity contribution in [3.8, 4) is 0 Å². The van der Waals surface area contributed by atoms with Crippen LogP contribution in [0.3, 0.4) is 0 Å². The molecule has 1 rings (SSSR count). The van der Waals surface area contributed by atoms with Gasteiger partial charge in [0.25, 0.3) is 11.6 Å². The molecule has 0 aliphatic rings. The van der Waals surface area contributed by atoms with E-state index < -0.39 is 35.2 Å². The average Bonchev–Trinajstić information content (AvgIpc) is 2.29. The molecular formula is C11H11ClF3N3O3. The number of alkyl halides is 3. The van der Waals surface area contributed by atoms with Crippen LogP contribution >= 0.6 is 11.6 Å². The first-order valence-corrected chi connectivity index (χ1v) is 6.00. The molecule has 10 heteroatoms. The highest BCUT2D eigenvalue weighted by Crippen LogP contribution is 2.29. The number of amides is 1. The van der Waals surface area contributed by atoms with Crippen molar-refractivity contribution in [3.63, 3.8) is 0 Å². The highest BCUT2D eigenvalue weighted by atomic mass is 35.5. The van der Waals surface area contributed by atoms with Crippen molar-refractivity contribution in [2.45, 2.75) is 25.6 Å². The lowest BCUT2D eigenvalue weighted by atomic mass is 10.1. The summed E-state index contributed by atoms with van der Waals surface area (Å²) in [6.07, 6.45) is -5.68. The van der Waals surface area contributed by atoms with Gasteiger partial charge in [0, 0.05) is 18.2 Å². The molecule has 0 aromatic heterocycles. The molecule has 1 unspecified atom stereocenters. The van der Waals surface area contributed by atoms with E-state index >= 15 is 0 Å². The van der Waals surface area contributed by atoms with Crippen LogP contribution < -0.4 is 11.1 Å². The third-order valence-electron chi connectivity index (χ3n) is 2.48. The van der Waals surface area contributed by atoms with E-state index in [-0.39, 0.29) is 16.3 Å². The van der Waals surface area contributed by atoms with Crippen LogP contribution in [-0.2, 0) is 0 Å². The number of nitrogens with zero attached hydrogens (tertiary/aromatic N) is 1. The number of nitro benzene ring substituents is 1. The fourth-order valence-corrected chi connectivity index (χ4v) is 1.81. The van der Waals surface area contributed by atoms with Crippen molar-refractivity contribution in [2.24, 2.45) is 0 Å². The zero-order chi connectivity index (χ0) is 16.4. The summed E-state index contributed by atoms with van der Waals surface area (Å²) in [6.45, 7) is 1.15. The zero-order valence-electron chi connectivity index (χ0n) is 10.7. The summed E-state index contributed by atoms with van der Waals surface area (Å²) < 4.78 is 36.6. The third kappa shape index (κ3) is 4.78. The number of nitrogens with two attached hydrogens (primary N) is 1. The first-order valence-electron chi connectivity index (χ1n) is 5.62. The van der Waals surface area contributed by atoms with Gasteiger partial charge < -0.3 is 11.1 Å². The SMILES string of the molecule is CC(CC(F)(F)F)NC(=O)c1cc([N+](=O)[O-])cc(Cl)c1N. The van der Waals surface area contributed by atoms with E-state index in [1.54, 1.807) is 0 Å². The Balaban J connectivity index is 2.99. The van der Waals surface area contributed by atoms with Crippen LogP contribution in [0.25, 0.3) is 0 Å². The molecule has 1 aromatic rings. The molecule has 0 fully saturated rings. The second-order valence-electron chi connectivity index (χ2n) is 4.34. The van der Waals surface area contributed by atoms with Gasteiger partial charge in [0.15, 0.2) is 0 Å². The Morgan fingerprint density at radius 3 is 2.57 bits per heavy atom. The lowest BCUT2D eigenvalue weighted by Gasteiger charge is -2.16. The molecule has 116 valence electrons. The van der Waals surface area contributed by atoms with Gasteiger partial charge in [-0.2, -0.15) is 13.2 Å². The number of halogens is 4. The molecular weight excluding hydrogens is 315 g/mol. The van der Waals surface area contributed by atoms with E-state index in [9.17, 15) is 28.1 Å². The van der Waals surface area contributed by atoms with Crippen LogP contribution in [0, 0.1) is 10.1 Å². The summed E-state index contributed by atoms with van der Waals surface area (Å²) >= 11 is 5.66. The van der Waals surface area contributed by atoms with Crippen molar-refractivity contribution in [3.05, 3.63) is 32.8 Å². The van der Waals surface area contributed by atoms with Gasteiger partial charge in [0.2, 0.25) is 0 Å². The molecule has 1 atom stereocenters. The number of nitrogens with one attached hydrogen (secondary N) is 1. The topological polar surface area (TPSA) is 98.3 Å². The van der Waals surface area contributed by atoms with Crippen molar-refractivity contribution in [2.75, 3.05) is 5.73 Å². The van der Waals surface area contributed by atoms with E-state index in [4.69, 9.17) is 17.3 Å². The van der Waals surface area contributed by atoms with Gasteiger partial charge in [0.1, 0.15) is 0 Å². The van der Waals surface area contributed by atoms with Crippen LogP contribution in [0.15, 0.2) is 12.1 Å². The van der Waals surface area contributed by atoms with E-state index in [0.29, 0.717) is 0 Å². The fraction of sp³-hybridized carbons (Fsp3) is 0.364. The number of carbonyl (C=O) groups excluding carboxylic acids is 1. The minimum absolute atomic E-state index is 0.224. The minimum atomic E-state index is -4.45. The van der Waals surface area contributed by atoms with Gasteiger partial charge in [-0.25, -0.2) is 0 Å². The number of nitro groups is 1. The summed E-state index contributed by atoms with van der Waals surface area (Å²) in [5.41, 5.74) is 4.45. The van der Waals surface area contributed by atoms with Gasteiger partial charge in [-0.05, 0) is 6.92 Å². The van der Waals surface area contributed by atoms with Crippen LogP contribution in [-0.4, -0.2) is 23.0 Å². The monoisotopic (exact) mass is 325 g/mol. The highest BCUT2D eigenvalue weighted by molar-refractivity contribution is 6.34. The number of anilines is 1. The quantitative estimate of drug-likeness (QED) is 0.505. The van der Waals surface area contributed by atoms with Gasteiger partial charge >= 0.3 is 6.18 Å². The predicted octanol–water partition coefficient (Wildman–Crippen LogP) is 2.90. The standard InChI is InChI=1S/C11H11ClF3N3O3/c1-5(4-11(13,14)15)17-10(19)7-2-6(18(20)21)3-8(12)9(7)16/h2-3,5H,4,16H2,1H3,(H,17,19). The molecule has 0 heterocycles. The summed E-state index contributed by atoms with van der Waals surface area (Å²) in [4.78, 5) is 21.7. The third-order valence-corrected chi connectivity index (χ3v) is 2.80. The van der Waals surface area contributed by atoms with Crippen LogP contribution in [0.5, 0.6) is 0 Å². The summed E-state index contributed by atoms with van der Waals surface area (Å²) in [5.74, 6) is -0.963. The van der Waals surface area contributed by atoms with Crippen LogP contribution in [0.4, 0.5) is 24.5 Å². The molecule has 0 spiro atoms. The van der Waals surface area contributed by atoms with Gasteiger partial charge in [0.05, 0.1) is 27.6 Å². The predicted molar refractivity (Wildman–Crippen MR) is 70.1 cm³/mol. The molecule has 1 aromatic carbocycles. The summed E-state index contributed by atoms with van der Waals surface area (Å²) in [6, 6.07) is 0.596. The maximum Gasteiger partial charge on any atom is 0.391 e. The molecule has 0 radical (unpaired) electrons. The van der Waals surface area contributed by atoms with Gasteiger partial charge in [-0.15, -0.1) is 0 Å². The Bertz CT molecular complexity index is 578. The smallest absolute Gasteiger partial charge is 0.391 e. The van der Waals surface area contributed by atoms with Crippen molar-refractivity contribution in [1.29, 1.82) is 0 Å². The van der Waals surface area contributed by atoms with Crippen molar-refractivity contribution < 1.29 is 22.9 Å². The molecule has 0 saturated heterocycles. The fourth-order valence-electron chi connectivity index (χ4n) is 1.60. The number of non-ortho nitro benzene ring substituents is 1. The van der Waals surface area contributed by atoms with Crippen LogP contribution in [0.1, 0.15) is 23.7 Å². The second-order valence-corrected chi connectivity index (χ2v) is 4.75. The van der Waals surface area contributed by atoms with Crippen molar-refractivity contribution in [1.82, 2.24) is 5.32 Å². The summed E-state index contributed by atoms with van der Waals surface area (Å²) in [5, 5.41) is 12.5. The Morgan fingerprint density at radius 2 is 2.10 bits per heavy atom. The molecule has 0 saturated carbocycles. The first-order chi connectivity index (χ1) is 9.51. The van der Waals surface area contributed by atoms with E-state index in [1.807, 2.05) is 0 Å². The number of hydrogen-bond donors (Lipinski definition) is 2. The maximum atomic E-state index is 12.2. The van der Waals surface area contributed by atoms with E-state index in [0.717, 1.165) is 19.1 Å². The largest absolute Gasteiger partial charge is 0.397 e. The number of benzene rings is 1. The average molecular weight is 326 g/mol. The second kappa shape index (κ2) is 6.17. The van der Waals surface area contributed by atoms with E-state index in [2.05, 4.69) is 5.32 Å². The number of hydrogen-bond acceptors (Lipinski definition) is 4. The minimum Gasteiger partial charge on any atom is -0.397 e. The van der Waals surface area contributed by atoms with Gasteiger partial charge in [-0.1, -0.05) is 11.6 Å². The molecule has 1 amide bonds. The molecule has 0 aliphatic heterocycles. The number of nitrogen functional groups attached to an aromatic ring is 1. The lowest BCUT2D eigenvalue weighted by molar-refractivity contribution is -0.384. The zero-order valence-corrected chi connectivity index (χ0v) is 11.5. The Morgan fingerprint density at radius 1 is 1.52 bits per heavy atom. The molecule has 0 bridgehead atoms. The molecule has 21 heavy (non-hydrogen) atoms. The van der Waals surface area contributed by atoms with Crippen molar-refractivity contribution >= 4 is 28.9 Å². The molecule has 3 N–H and O–H groups in total. The maximum absolute atomic E-state index is 12.2. The number of carbonyl (C=O) groups is 1. The van der Waals surface area contributed by atoms with Crippen LogP contribution in [0.2, 0.25) is 5.02 Å². The van der Waals surface area contributed by atoms with E-state index in [1.165, 1.54) is 0 Å². The Kier molecular flexibility index (Phi) is 5.00.